The maximum absolute atomic E-state index is 11.7. The molecular weight excluding hydrogens is 356 g/mol. The average Bonchev–Trinajstić information content (AvgIpc) is 2.61. The van der Waals surface area contributed by atoms with Crippen molar-refractivity contribution in [3.05, 3.63) is 30.3 Å². The maximum Gasteiger partial charge on any atom is 0.213 e. The Kier molecular flexibility index (Phi) is 9.92. The van der Waals surface area contributed by atoms with E-state index in [1.165, 1.54) is 9.20 Å². The van der Waals surface area contributed by atoms with Gasteiger partial charge in [-0.3, -0.25) is 4.99 Å². The van der Waals surface area contributed by atoms with Gasteiger partial charge in [0.15, 0.2) is 5.96 Å². The Morgan fingerprint density at radius 2 is 1.96 bits per heavy atom. The Morgan fingerprint density at radius 3 is 2.56 bits per heavy atom. The number of rotatable bonds is 10. The van der Waals surface area contributed by atoms with Crippen molar-refractivity contribution in [1.29, 1.82) is 0 Å². The van der Waals surface area contributed by atoms with Crippen molar-refractivity contribution in [3.8, 4) is 0 Å². The van der Waals surface area contributed by atoms with E-state index in [4.69, 9.17) is 0 Å². The van der Waals surface area contributed by atoms with E-state index in [1.54, 1.807) is 21.0 Å². The second-order valence-corrected chi connectivity index (χ2v) is 9.57. The fourth-order valence-corrected chi connectivity index (χ4v) is 3.90. The standard InChI is InChI=1S/C17H30N4O2S2/c1-5-25(22,23)21(4)13-9-12-19-17(18-3)20-14-15(2)24-16-10-7-6-8-11-16/h6-8,10-11,15H,5,9,12-14H2,1-4H3,(H2,18,19,20). The predicted octanol–water partition coefficient (Wildman–Crippen LogP) is 2.00. The molecule has 0 spiro atoms. The van der Waals surface area contributed by atoms with Crippen molar-refractivity contribution in [2.75, 3.05) is 39.5 Å². The van der Waals surface area contributed by atoms with Crippen LogP contribution < -0.4 is 10.6 Å². The fourth-order valence-electron chi connectivity index (χ4n) is 2.10. The SMILES string of the molecule is CCS(=O)(=O)N(C)CCCNC(=NC)NCC(C)Sc1ccccc1. The molecule has 8 heteroatoms. The van der Waals surface area contributed by atoms with E-state index < -0.39 is 10.0 Å². The average molecular weight is 387 g/mol. The fraction of sp³-hybridized carbons (Fsp3) is 0.588. The van der Waals surface area contributed by atoms with Crippen LogP contribution in [-0.4, -0.2) is 63.4 Å². The third kappa shape index (κ3) is 8.60. The lowest BCUT2D eigenvalue weighted by atomic mass is 10.4. The molecule has 0 saturated carbocycles. The zero-order valence-electron chi connectivity index (χ0n) is 15.5. The van der Waals surface area contributed by atoms with Crippen molar-refractivity contribution in [2.24, 2.45) is 4.99 Å². The highest BCUT2D eigenvalue weighted by molar-refractivity contribution is 8.00. The molecule has 2 N–H and O–H groups in total. The normalized spacial score (nSPS) is 13.7. The first-order valence-corrected chi connectivity index (χ1v) is 11.0. The summed E-state index contributed by atoms with van der Waals surface area (Å²) in [5.74, 6) is 0.874. The summed E-state index contributed by atoms with van der Waals surface area (Å²) >= 11 is 1.81. The van der Waals surface area contributed by atoms with Crippen LogP contribution >= 0.6 is 11.8 Å². The van der Waals surface area contributed by atoms with Crippen molar-refractivity contribution >= 4 is 27.7 Å². The minimum Gasteiger partial charge on any atom is -0.356 e. The smallest absolute Gasteiger partial charge is 0.213 e. The molecular formula is C17H30N4O2S2. The van der Waals surface area contributed by atoms with E-state index in [0.717, 1.165) is 18.9 Å². The van der Waals surface area contributed by atoms with Crippen LogP contribution in [0.5, 0.6) is 0 Å². The quantitative estimate of drug-likeness (QED) is 0.278. The molecule has 6 nitrogen and oxygen atoms in total. The molecule has 1 aromatic carbocycles. The number of nitrogens with one attached hydrogen (secondary N) is 2. The van der Waals surface area contributed by atoms with Crippen LogP contribution in [0.2, 0.25) is 0 Å². The van der Waals surface area contributed by atoms with Gasteiger partial charge in [0.05, 0.1) is 5.75 Å². The molecule has 0 aliphatic rings. The predicted molar refractivity (Wildman–Crippen MR) is 108 cm³/mol. The Hall–Kier alpha value is -1.25. The minimum absolute atomic E-state index is 0.136. The molecule has 1 unspecified atom stereocenters. The van der Waals surface area contributed by atoms with Crippen molar-refractivity contribution in [3.63, 3.8) is 0 Å². The number of benzene rings is 1. The number of hydrogen-bond acceptors (Lipinski definition) is 4. The Labute approximate surface area is 156 Å². The number of aliphatic imine (C=N–C) groups is 1. The van der Waals surface area contributed by atoms with Gasteiger partial charge >= 0.3 is 0 Å². The van der Waals surface area contributed by atoms with E-state index in [-0.39, 0.29) is 5.75 Å². The Balaban J connectivity index is 2.26. The van der Waals surface area contributed by atoms with Gasteiger partial charge in [0.1, 0.15) is 0 Å². The molecule has 0 aliphatic heterocycles. The molecule has 0 fully saturated rings. The van der Waals surface area contributed by atoms with Gasteiger partial charge in [-0.1, -0.05) is 25.1 Å². The molecule has 0 amide bonds. The lowest BCUT2D eigenvalue weighted by molar-refractivity contribution is 0.461. The summed E-state index contributed by atoms with van der Waals surface area (Å²) in [5, 5.41) is 6.93. The molecule has 1 atom stereocenters. The number of guanidine groups is 1. The zero-order chi connectivity index (χ0) is 18.7. The van der Waals surface area contributed by atoms with Crippen LogP contribution in [0.25, 0.3) is 0 Å². The summed E-state index contributed by atoms with van der Waals surface area (Å²) < 4.78 is 24.8. The highest BCUT2D eigenvalue weighted by atomic mass is 32.2. The summed E-state index contributed by atoms with van der Waals surface area (Å²) in [6, 6.07) is 10.3. The van der Waals surface area contributed by atoms with E-state index >= 15 is 0 Å². The van der Waals surface area contributed by atoms with E-state index in [1.807, 2.05) is 30.0 Å². The lowest BCUT2D eigenvalue weighted by Gasteiger charge is -2.18. The van der Waals surface area contributed by atoms with E-state index in [9.17, 15) is 8.42 Å². The van der Waals surface area contributed by atoms with Gasteiger partial charge in [0.2, 0.25) is 10.0 Å². The van der Waals surface area contributed by atoms with E-state index in [2.05, 4.69) is 34.7 Å². The summed E-state index contributed by atoms with van der Waals surface area (Å²) in [6.45, 7) is 5.79. The van der Waals surface area contributed by atoms with Gasteiger partial charge in [-0.15, -0.1) is 11.8 Å². The first-order chi connectivity index (χ1) is 11.9. The molecule has 0 aliphatic carbocycles. The number of hydrogen-bond donors (Lipinski definition) is 2. The van der Waals surface area contributed by atoms with Gasteiger partial charge in [0.25, 0.3) is 0 Å². The van der Waals surface area contributed by atoms with Gasteiger partial charge in [-0.05, 0) is 25.5 Å². The van der Waals surface area contributed by atoms with Gasteiger partial charge < -0.3 is 10.6 Å². The monoisotopic (exact) mass is 386 g/mol. The third-order valence-corrected chi connectivity index (χ3v) is 6.62. The van der Waals surface area contributed by atoms with Crippen LogP contribution in [-0.2, 0) is 10.0 Å². The first-order valence-electron chi connectivity index (χ1n) is 8.49. The molecule has 0 heterocycles. The molecule has 142 valence electrons. The van der Waals surface area contributed by atoms with Crippen molar-refractivity contribution < 1.29 is 8.42 Å². The van der Waals surface area contributed by atoms with Crippen LogP contribution in [0.15, 0.2) is 40.2 Å². The molecule has 25 heavy (non-hydrogen) atoms. The van der Waals surface area contributed by atoms with Crippen LogP contribution in [0, 0.1) is 0 Å². The van der Waals surface area contributed by atoms with Crippen molar-refractivity contribution in [2.45, 2.75) is 30.4 Å². The molecule has 1 aromatic rings. The number of nitrogens with zero attached hydrogens (tertiary/aromatic N) is 2. The van der Waals surface area contributed by atoms with E-state index in [0.29, 0.717) is 18.3 Å². The summed E-state index contributed by atoms with van der Waals surface area (Å²) in [7, 11) is 0.255. The Bertz CT molecular complexity index is 621. The summed E-state index contributed by atoms with van der Waals surface area (Å²) in [6.07, 6.45) is 0.727. The highest BCUT2D eigenvalue weighted by Crippen LogP contribution is 2.21. The second-order valence-electron chi connectivity index (χ2n) is 5.70. The molecule has 0 saturated heterocycles. The van der Waals surface area contributed by atoms with Crippen LogP contribution in [0.1, 0.15) is 20.3 Å². The molecule has 0 bridgehead atoms. The summed E-state index contributed by atoms with van der Waals surface area (Å²) in [5.41, 5.74) is 0. The van der Waals surface area contributed by atoms with Crippen LogP contribution in [0.4, 0.5) is 0 Å². The van der Waals surface area contributed by atoms with Gasteiger partial charge in [-0.2, -0.15) is 0 Å². The van der Waals surface area contributed by atoms with Crippen LogP contribution in [0.3, 0.4) is 0 Å². The molecule has 0 aromatic heterocycles. The lowest BCUT2D eigenvalue weighted by Crippen LogP contribution is -2.41. The topological polar surface area (TPSA) is 73.8 Å². The van der Waals surface area contributed by atoms with Crippen molar-refractivity contribution in [1.82, 2.24) is 14.9 Å². The Morgan fingerprint density at radius 1 is 1.28 bits per heavy atom. The highest BCUT2D eigenvalue weighted by Gasteiger charge is 2.14. The first kappa shape index (κ1) is 21.8. The third-order valence-electron chi connectivity index (χ3n) is 3.64. The minimum atomic E-state index is -3.10. The largest absolute Gasteiger partial charge is 0.356 e. The summed E-state index contributed by atoms with van der Waals surface area (Å²) in [4.78, 5) is 5.45. The van der Waals surface area contributed by atoms with Gasteiger partial charge in [-0.25, -0.2) is 12.7 Å². The number of thioether (sulfide) groups is 1. The molecule has 0 radical (unpaired) electrons. The molecule has 1 rings (SSSR count). The second kappa shape index (κ2) is 11.4. The number of sulfonamides is 1. The van der Waals surface area contributed by atoms with Gasteiger partial charge in [0, 0.05) is 43.9 Å². The maximum atomic E-state index is 11.7. The zero-order valence-corrected chi connectivity index (χ0v) is 17.2.